The minimum Gasteiger partial charge on any atom is -0.338 e. The fraction of sp³-hybridized carbons (Fsp3) is 0.231. The third-order valence-corrected chi connectivity index (χ3v) is 2.44. The number of amides is 2. The first-order valence-corrected chi connectivity index (χ1v) is 5.92. The van der Waals surface area contributed by atoms with Crippen LogP contribution in [0.4, 0.5) is 10.5 Å². The van der Waals surface area contributed by atoms with E-state index >= 15 is 0 Å². The van der Waals surface area contributed by atoms with Crippen molar-refractivity contribution in [1.29, 1.82) is 0 Å². The van der Waals surface area contributed by atoms with Crippen LogP contribution >= 0.6 is 0 Å². The third-order valence-electron chi connectivity index (χ3n) is 2.44. The lowest BCUT2D eigenvalue weighted by Crippen LogP contribution is -2.30. The normalized spacial score (nSPS) is 10.0. The number of carbonyl (C=O) groups excluding carboxylic acids is 1. The van der Waals surface area contributed by atoms with Crippen LogP contribution in [0.3, 0.4) is 0 Å². The predicted molar refractivity (Wildman–Crippen MR) is 70.3 cm³/mol. The van der Waals surface area contributed by atoms with Crippen molar-refractivity contribution in [3.8, 4) is 0 Å². The Balaban J connectivity index is 1.63. The summed E-state index contributed by atoms with van der Waals surface area (Å²) in [5.41, 5.74) is 0.794. The summed E-state index contributed by atoms with van der Waals surface area (Å²) in [7, 11) is 0. The van der Waals surface area contributed by atoms with Gasteiger partial charge in [-0.3, -0.25) is 4.68 Å². The number of anilines is 1. The number of urea groups is 1. The molecule has 2 amide bonds. The highest BCUT2D eigenvalue weighted by Crippen LogP contribution is 2.03. The molecule has 5 nitrogen and oxygen atoms in total. The van der Waals surface area contributed by atoms with Crippen LogP contribution in [0, 0.1) is 0 Å². The van der Waals surface area contributed by atoms with Crippen LogP contribution in [0.1, 0.15) is 6.42 Å². The molecule has 0 bridgehead atoms. The maximum Gasteiger partial charge on any atom is 0.319 e. The van der Waals surface area contributed by atoms with Gasteiger partial charge in [0, 0.05) is 31.2 Å². The van der Waals surface area contributed by atoms with Crippen LogP contribution < -0.4 is 10.6 Å². The van der Waals surface area contributed by atoms with Gasteiger partial charge >= 0.3 is 6.03 Å². The van der Waals surface area contributed by atoms with E-state index in [0.717, 1.165) is 18.7 Å². The Morgan fingerprint density at radius 2 is 2.06 bits per heavy atom. The van der Waals surface area contributed by atoms with Gasteiger partial charge in [0.05, 0.1) is 0 Å². The quantitative estimate of drug-likeness (QED) is 0.791. The van der Waals surface area contributed by atoms with Crippen molar-refractivity contribution in [3.63, 3.8) is 0 Å². The zero-order valence-electron chi connectivity index (χ0n) is 10.0. The molecule has 0 atom stereocenters. The standard InChI is InChI=1S/C13H16N4O/c18-13(16-12-6-2-1-3-7-12)14-8-4-10-17-11-5-9-15-17/h1-3,5-7,9,11H,4,8,10H2,(H2,14,16,18). The molecule has 2 N–H and O–H groups in total. The monoisotopic (exact) mass is 244 g/mol. The van der Waals surface area contributed by atoms with E-state index in [9.17, 15) is 4.79 Å². The van der Waals surface area contributed by atoms with Gasteiger partial charge in [0.2, 0.25) is 0 Å². The van der Waals surface area contributed by atoms with Crippen molar-refractivity contribution < 1.29 is 4.79 Å². The van der Waals surface area contributed by atoms with E-state index in [1.54, 1.807) is 6.20 Å². The number of hydrogen-bond acceptors (Lipinski definition) is 2. The van der Waals surface area contributed by atoms with Gasteiger partial charge in [-0.05, 0) is 24.6 Å². The number of hydrogen-bond donors (Lipinski definition) is 2. The highest BCUT2D eigenvalue weighted by molar-refractivity contribution is 5.89. The summed E-state index contributed by atoms with van der Waals surface area (Å²) >= 11 is 0. The molecule has 0 unspecified atom stereocenters. The molecular formula is C13H16N4O. The molecule has 18 heavy (non-hydrogen) atoms. The van der Waals surface area contributed by atoms with E-state index in [1.807, 2.05) is 47.3 Å². The molecule has 2 aromatic rings. The van der Waals surface area contributed by atoms with Gasteiger partial charge in [-0.25, -0.2) is 4.79 Å². The maximum atomic E-state index is 11.5. The second-order valence-electron chi connectivity index (χ2n) is 3.87. The molecule has 0 saturated heterocycles. The van der Waals surface area contributed by atoms with E-state index in [4.69, 9.17) is 0 Å². The molecule has 0 fully saturated rings. The number of nitrogens with zero attached hydrogens (tertiary/aromatic N) is 2. The summed E-state index contributed by atoms with van der Waals surface area (Å²) in [6, 6.07) is 11.1. The van der Waals surface area contributed by atoms with Crippen molar-refractivity contribution in [2.24, 2.45) is 0 Å². The number of benzene rings is 1. The van der Waals surface area contributed by atoms with Crippen LogP contribution in [0.15, 0.2) is 48.8 Å². The van der Waals surface area contributed by atoms with Crippen LogP contribution in [-0.4, -0.2) is 22.4 Å². The molecule has 5 heteroatoms. The van der Waals surface area contributed by atoms with Crippen LogP contribution in [0.5, 0.6) is 0 Å². The molecule has 0 aliphatic rings. The summed E-state index contributed by atoms with van der Waals surface area (Å²) in [5.74, 6) is 0. The molecule has 0 radical (unpaired) electrons. The fourth-order valence-corrected chi connectivity index (χ4v) is 1.57. The van der Waals surface area contributed by atoms with E-state index < -0.39 is 0 Å². The third kappa shape index (κ3) is 3.93. The second-order valence-corrected chi connectivity index (χ2v) is 3.87. The average Bonchev–Trinajstić information content (AvgIpc) is 2.89. The van der Waals surface area contributed by atoms with E-state index in [0.29, 0.717) is 6.54 Å². The highest BCUT2D eigenvalue weighted by atomic mass is 16.2. The molecule has 0 aliphatic carbocycles. The van der Waals surface area contributed by atoms with E-state index in [-0.39, 0.29) is 6.03 Å². The molecule has 0 spiro atoms. The Morgan fingerprint density at radius 3 is 2.78 bits per heavy atom. The summed E-state index contributed by atoms with van der Waals surface area (Å²) in [4.78, 5) is 11.5. The smallest absolute Gasteiger partial charge is 0.319 e. The highest BCUT2D eigenvalue weighted by Gasteiger charge is 1.99. The number of para-hydroxylation sites is 1. The number of nitrogens with one attached hydrogen (secondary N) is 2. The van der Waals surface area contributed by atoms with E-state index in [1.165, 1.54) is 0 Å². The Hall–Kier alpha value is -2.30. The zero-order chi connectivity index (χ0) is 12.6. The Bertz CT molecular complexity index is 467. The fourth-order valence-electron chi connectivity index (χ4n) is 1.57. The van der Waals surface area contributed by atoms with Crippen molar-refractivity contribution >= 4 is 11.7 Å². The molecule has 0 saturated carbocycles. The molecule has 1 aromatic heterocycles. The maximum absolute atomic E-state index is 11.5. The van der Waals surface area contributed by atoms with Gasteiger partial charge in [0.1, 0.15) is 0 Å². The van der Waals surface area contributed by atoms with Crippen molar-refractivity contribution in [1.82, 2.24) is 15.1 Å². The molecule has 1 heterocycles. The largest absolute Gasteiger partial charge is 0.338 e. The molecular weight excluding hydrogens is 228 g/mol. The molecule has 2 rings (SSSR count). The number of aryl methyl sites for hydroxylation is 1. The van der Waals surface area contributed by atoms with Crippen molar-refractivity contribution in [2.45, 2.75) is 13.0 Å². The minimum absolute atomic E-state index is 0.179. The minimum atomic E-state index is -0.179. The Morgan fingerprint density at radius 1 is 1.22 bits per heavy atom. The number of aromatic nitrogens is 2. The lowest BCUT2D eigenvalue weighted by atomic mass is 10.3. The van der Waals surface area contributed by atoms with E-state index in [2.05, 4.69) is 15.7 Å². The average molecular weight is 244 g/mol. The molecule has 1 aromatic carbocycles. The lowest BCUT2D eigenvalue weighted by Gasteiger charge is -2.07. The predicted octanol–water partition coefficient (Wildman–Crippen LogP) is 2.09. The topological polar surface area (TPSA) is 59.0 Å². The lowest BCUT2D eigenvalue weighted by molar-refractivity contribution is 0.251. The Kier molecular flexibility index (Phi) is 4.35. The van der Waals surface area contributed by atoms with Crippen LogP contribution in [0.25, 0.3) is 0 Å². The van der Waals surface area contributed by atoms with Gasteiger partial charge in [0.15, 0.2) is 0 Å². The van der Waals surface area contributed by atoms with Crippen LogP contribution in [0.2, 0.25) is 0 Å². The van der Waals surface area contributed by atoms with Gasteiger partial charge in [-0.15, -0.1) is 0 Å². The summed E-state index contributed by atoms with van der Waals surface area (Å²) in [5, 5.41) is 9.65. The molecule has 94 valence electrons. The zero-order valence-corrected chi connectivity index (χ0v) is 10.0. The summed E-state index contributed by atoms with van der Waals surface area (Å²) in [6.45, 7) is 1.43. The number of carbonyl (C=O) groups is 1. The van der Waals surface area contributed by atoms with Gasteiger partial charge in [-0.2, -0.15) is 5.10 Å². The number of rotatable bonds is 5. The SMILES string of the molecule is O=C(NCCCn1cccn1)Nc1ccccc1. The van der Waals surface area contributed by atoms with Crippen molar-refractivity contribution in [3.05, 3.63) is 48.8 Å². The van der Waals surface area contributed by atoms with Crippen molar-refractivity contribution in [2.75, 3.05) is 11.9 Å². The van der Waals surface area contributed by atoms with Gasteiger partial charge < -0.3 is 10.6 Å². The van der Waals surface area contributed by atoms with Gasteiger partial charge in [0.25, 0.3) is 0 Å². The first-order valence-electron chi connectivity index (χ1n) is 5.92. The van der Waals surface area contributed by atoms with Crippen LogP contribution in [-0.2, 0) is 6.54 Å². The van der Waals surface area contributed by atoms with Gasteiger partial charge in [-0.1, -0.05) is 18.2 Å². The first-order chi connectivity index (χ1) is 8.84. The Labute approximate surface area is 106 Å². The summed E-state index contributed by atoms with van der Waals surface area (Å²) < 4.78 is 1.84. The molecule has 0 aliphatic heterocycles. The summed E-state index contributed by atoms with van der Waals surface area (Å²) in [6.07, 6.45) is 4.50. The second kappa shape index (κ2) is 6.44. The first kappa shape index (κ1) is 12.2.